The standard InChI is InChI=1S/C17H25NO2/c1-12-11-15(13(2)14(3)17(12)20-4)16(19)7-10-18-8-5-6-9-18/h11H,5-10H2,1-4H3. The van der Waals surface area contributed by atoms with Crippen molar-refractivity contribution in [2.45, 2.75) is 40.0 Å². The van der Waals surface area contributed by atoms with Crippen molar-refractivity contribution in [1.82, 2.24) is 4.90 Å². The molecule has 0 saturated carbocycles. The monoisotopic (exact) mass is 275 g/mol. The molecule has 0 spiro atoms. The minimum atomic E-state index is 0.253. The number of hydrogen-bond acceptors (Lipinski definition) is 3. The van der Waals surface area contributed by atoms with E-state index in [9.17, 15) is 4.79 Å². The number of aryl methyl sites for hydroxylation is 1. The maximum Gasteiger partial charge on any atom is 0.164 e. The van der Waals surface area contributed by atoms with Gasteiger partial charge in [0.25, 0.3) is 0 Å². The van der Waals surface area contributed by atoms with E-state index in [4.69, 9.17) is 4.74 Å². The lowest BCUT2D eigenvalue weighted by molar-refractivity contribution is 0.0968. The van der Waals surface area contributed by atoms with Gasteiger partial charge in [0.2, 0.25) is 0 Å². The molecule has 110 valence electrons. The third-order valence-corrected chi connectivity index (χ3v) is 4.38. The summed E-state index contributed by atoms with van der Waals surface area (Å²) in [4.78, 5) is 14.8. The Labute approximate surface area is 121 Å². The first-order chi connectivity index (χ1) is 9.54. The van der Waals surface area contributed by atoms with E-state index in [1.165, 1.54) is 12.8 Å². The first kappa shape index (κ1) is 15.0. The van der Waals surface area contributed by atoms with Gasteiger partial charge in [0.15, 0.2) is 5.78 Å². The van der Waals surface area contributed by atoms with Crippen LogP contribution in [0.5, 0.6) is 5.75 Å². The van der Waals surface area contributed by atoms with Crippen LogP contribution in [0.2, 0.25) is 0 Å². The summed E-state index contributed by atoms with van der Waals surface area (Å²) >= 11 is 0. The first-order valence-electron chi connectivity index (χ1n) is 7.45. The van der Waals surface area contributed by atoms with E-state index in [-0.39, 0.29) is 5.78 Å². The summed E-state index contributed by atoms with van der Waals surface area (Å²) < 4.78 is 5.41. The Bertz CT molecular complexity index is 502. The van der Waals surface area contributed by atoms with Crippen LogP contribution in [0, 0.1) is 20.8 Å². The number of ether oxygens (including phenoxy) is 1. The van der Waals surface area contributed by atoms with Gasteiger partial charge < -0.3 is 9.64 Å². The molecule has 2 rings (SSSR count). The summed E-state index contributed by atoms with van der Waals surface area (Å²) in [5, 5.41) is 0. The number of nitrogens with zero attached hydrogens (tertiary/aromatic N) is 1. The van der Waals surface area contributed by atoms with Gasteiger partial charge in [-0.15, -0.1) is 0 Å². The third kappa shape index (κ3) is 3.04. The molecule has 1 saturated heterocycles. The molecule has 1 heterocycles. The van der Waals surface area contributed by atoms with Crippen LogP contribution in [0.3, 0.4) is 0 Å². The molecular weight excluding hydrogens is 250 g/mol. The lowest BCUT2D eigenvalue weighted by atomic mass is 9.95. The predicted octanol–water partition coefficient (Wildman–Crippen LogP) is 3.29. The highest BCUT2D eigenvalue weighted by atomic mass is 16.5. The van der Waals surface area contributed by atoms with Gasteiger partial charge >= 0.3 is 0 Å². The number of hydrogen-bond donors (Lipinski definition) is 0. The predicted molar refractivity (Wildman–Crippen MR) is 81.8 cm³/mol. The Morgan fingerprint density at radius 3 is 2.45 bits per heavy atom. The number of benzene rings is 1. The number of Topliss-reactive ketones (excluding diaryl/α,β-unsaturated/α-hetero) is 1. The molecule has 0 aliphatic carbocycles. The van der Waals surface area contributed by atoms with Gasteiger partial charge in [-0.2, -0.15) is 0 Å². The summed E-state index contributed by atoms with van der Waals surface area (Å²) in [7, 11) is 1.68. The van der Waals surface area contributed by atoms with Crippen LogP contribution < -0.4 is 4.74 Å². The number of rotatable bonds is 5. The van der Waals surface area contributed by atoms with E-state index in [2.05, 4.69) is 4.90 Å². The highest BCUT2D eigenvalue weighted by Crippen LogP contribution is 2.29. The lowest BCUT2D eigenvalue weighted by Crippen LogP contribution is -2.23. The van der Waals surface area contributed by atoms with Crippen LogP contribution in [0.4, 0.5) is 0 Å². The molecule has 0 radical (unpaired) electrons. The smallest absolute Gasteiger partial charge is 0.164 e. The summed E-state index contributed by atoms with van der Waals surface area (Å²) in [6.07, 6.45) is 3.16. The Hall–Kier alpha value is -1.35. The van der Waals surface area contributed by atoms with E-state index < -0.39 is 0 Å². The highest BCUT2D eigenvalue weighted by Gasteiger charge is 2.18. The molecule has 3 heteroatoms. The average molecular weight is 275 g/mol. The molecule has 3 nitrogen and oxygen atoms in total. The second-order valence-electron chi connectivity index (χ2n) is 5.75. The fourth-order valence-corrected chi connectivity index (χ4v) is 3.06. The molecule has 20 heavy (non-hydrogen) atoms. The Kier molecular flexibility index (Phi) is 4.81. The number of methoxy groups -OCH3 is 1. The van der Waals surface area contributed by atoms with Gasteiger partial charge in [0.1, 0.15) is 5.75 Å². The van der Waals surface area contributed by atoms with Crippen LogP contribution in [0.15, 0.2) is 6.07 Å². The van der Waals surface area contributed by atoms with E-state index in [1.54, 1.807) is 7.11 Å². The van der Waals surface area contributed by atoms with Crippen molar-refractivity contribution in [3.8, 4) is 5.75 Å². The molecule has 0 atom stereocenters. The maximum absolute atomic E-state index is 12.5. The van der Waals surface area contributed by atoms with E-state index in [0.717, 1.165) is 47.6 Å². The van der Waals surface area contributed by atoms with Crippen LogP contribution >= 0.6 is 0 Å². The second-order valence-corrected chi connectivity index (χ2v) is 5.75. The van der Waals surface area contributed by atoms with Crippen molar-refractivity contribution < 1.29 is 9.53 Å². The van der Waals surface area contributed by atoms with Gasteiger partial charge in [-0.05, 0) is 69.5 Å². The minimum absolute atomic E-state index is 0.253. The maximum atomic E-state index is 12.5. The number of likely N-dealkylation sites (tertiary alicyclic amines) is 1. The molecule has 1 fully saturated rings. The Balaban J connectivity index is 2.13. The molecule has 0 amide bonds. The van der Waals surface area contributed by atoms with E-state index >= 15 is 0 Å². The Morgan fingerprint density at radius 2 is 1.85 bits per heavy atom. The summed E-state index contributed by atoms with van der Waals surface area (Å²) in [6, 6.07) is 1.98. The molecule has 0 N–H and O–H groups in total. The zero-order valence-electron chi connectivity index (χ0n) is 13.1. The van der Waals surface area contributed by atoms with Crippen molar-refractivity contribution in [3.05, 3.63) is 28.3 Å². The summed E-state index contributed by atoms with van der Waals surface area (Å²) in [6.45, 7) is 9.23. The molecule has 1 aliphatic heterocycles. The van der Waals surface area contributed by atoms with Crippen molar-refractivity contribution in [1.29, 1.82) is 0 Å². The van der Waals surface area contributed by atoms with E-state index in [0.29, 0.717) is 6.42 Å². The van der Waals surface area contributed by atoms with Gasteiger partial charge in [0, 0.05) is 18.5 Å². The zero-order valence-corrected chi connectivity index (χ0v) is 13.1. The third-order valence-electron chi connectivity index (χ3n) is 4.38. The van der Waals surface area contributed by atoms with Crippen molar-refractivity contribution >= 4 is 5.78 Å². The van der Waals surface area contributed by atoms with Gasteiger partial charge in [-0.3, -0.25) is 4.79 Å². The molecule has 0 bridgehead atoms. The van der Waals surface area contributed by atoms with Crippen LogP contribution in [-0.2, 0) is 0 Å². The van der Waals surface area contributed by atoms with Crippen LogP contribution in [-0.4, -0.2) is 37.4 Å². The van der Waals surface area contributed by atoms with Gasteiger partial charge in [-0.25, -0.2) is 0 Å². The summed E-state index contributed by atoms with van der Waals surface area (Å²) in [5.41, 5.74) is 4.04. The van der Waals surface area contributed by atoms with Gasteiger partial charge in [0.05, 0.1) is 7.11 Å². The quantitative estimate of drug-likeness (QED) is 0.772. The van der Waals surface area contributed by atoms with Crippen LogP contribution in [0.1, 0.15) is 46.3 Å². The zero-order chi connectivity index (χ0) is 14.7. The molecule has 1 aromatic carbocycles. The first-order valence-corrected chi connectivity index (χ1v) is 7.45. The molecule has 0 aromatic heterocycles. The largest absolute Gasteiger partial charge is 0.496 e. The molecule has 0 unspecified atom stereocenters. The number of ketones is 1. The normalized spacial score (nSPS) is 15.6. The minimum Gasteiger partial charge on any atom is -0.496 e. The Morgan fingerprint density at radius 1 is 1.20 bits per heavy atom. The topological polar surface area (TPSA) is 29.5 Å². The van der Waals surface area contributed by atoms with Crippen molar-refractivity contribution in [3.63, 3.8) is 0 Å². The number of carbonyl (C=O) groups is 1. The fourth-order valence-electron chi connectivity index (χ4n) is 3.06. The average Bonchev–Trinajstić information content (AvgIpc) is 2.94. The van der Waals surface area contributed by atoms with Crippen molar-refractivity contribution in [2.24, 2.45) is 0 Å². The van der Waals surface area contributed by atoms with Crippen molar-refractivity contribution in [2.75, 3.05) is 26.7 Å². The second kappa shape index (κ2) is 6.40. The van der Waals surface area contributed by atoms with E-state index in [1.807, 2.05) is 26.8 Å². The molecule has 1 aliphatic rings. The SMILES string of the molecule is COc1c(C)cc(C(=O)CCN2CCCC2)c(C)c1C. The summed E-state index contributed by atoms with van der Waals surface area (Å²) in [5.74, 6) is 1.15. The van der Waals surface area contributed by atoms with Gasteiger partial charge in [-0.1, -0.05) is 0 Å². The molecular formula is C17H25NO2. The molecule has 1 aromatic rings. The lowest BCUT2D eigenvalue weighted by Gasteiger charge is -2.17. The van der Waals surface area contributed by atoms with Crippen LogP contribution in [0.25, 0.3) is 0 Å². The highest BCUT2D eigenvalue weighted by molar-refractivity contribution is 5.98. The fraction of sp³-hybridized carbons (Fsp3) is 0.588. The number of carbonyl (C=O) groups excluding carboxylic acids is 1.